The van der Waals surface area contributed by atoms with Crippen molar-refractivity contribution in [2.24, 2.45) is 5.92 Å². The molecule has 0 radical (unpaired) electrons. The van der Waals surface area contributed by atoms with Gasteiger partial charge < -0.3 is 14.2 Å². The Morgan fingerprint density at radius 1 is 1.29 bits per heavy atom. The van der Waals surface area contributed by atoms with Crippen molar-refractivity contribution >= 4 is 5.97 Å². The van der Waals surface area contributed by atoms with Gasteiger partial charge in [-0.2, -0.15) is 0 Å². The number of carbonyl (C=O) groups excluding carboxylic acids is 1. The van der Waals surface area contributed by atoms with Crippen molar-refractivity contribution < 1.29 is 19.0 Å². The van der Waals surface area contributed by atoms with Gasteiger partial charge in [0.1, 0.15) is 0 Å². The summed E-state index contributed by atoms with van der Waals surface area (Å²) >= 11 is 0. The van der Waals surface area contributed by atoms with Gasteiger partial charge in [-0.05, 0) is 39.5 Å². The molecule has 1 heterocycles. The molecule has 0 aromatic rings. The van der Waals surface area contributed by atoms with E-state index in [-0.39, 0.29) is 24.1 Å². The van der Waals surface area contributed by atoms with Crippen LogP contribution in [0.4, 0.5) is 0 Å². The first-order valence-corrected chi connectivity index (χ1v) is 8.15. The Kier molecular flexibility index (Phi) is 6.45. The molecule has 5 heteroatoms. The molecule has 122 valence electrons. The molecule has 0 aromatic carbocycles. The van der Waals surface area contributed by atoms with Crippen LogP contribution in [0.3, 0.4) is 0 Å². The molecule has 1 saturated carbocycles. The average molecular weight is 299 g/mol. The molecule has 0 spiro atoms. The van der Waals surface area contributed by atoms with E-state index in [1.165, 1.54) is 7.11 Å². The largest absolute Gasteiger partial charge is 0.469 e. The van der Waals surface area contributed by atoms with Gasteiger partial charge in [0.05, 0.1) is 38.4 Å². The Morgan fingerprint density at radius 3 is 2.62 bits per heavy atom. The third-order valence-electron chi connectivity index (χ3n) is 4.63. The van der Waals surface area contributed by atoms with Gasteiger partial charge in [-0.15, -0.1) is 0 Å². The highest BCUT2D eigenvalue weighted by molar-refractivity contribution is 5.72. The Labute approximate surface area is 127 Å². The van der Waals surface area contributed by atoms with E-state index in [0.717, 1.165) is 45.4 Å². The van der Waals surface area contributed by atoms with E-state index in [2.05, 4.69) is 18.7 Å². The van der Waals surface area contributed by atoms with E-state index in [4.69, 9.17) is 14.2 Å². The standard InChI is InChI=1S/C16H29NO4/c1-12(2)17-8-9-20-15(10-17)11-21-14-6-4-13(5-7-14)16(18)19-3/h12-15H,4-11H2,1-3H3. The predicted molar refractivity (Wildman–Crippen MR) is 80.2 cm³/mol. The first-order valence-electron chi connectivity index (χ1n) is 8.15. The highest BCUT2D eigenvalue weighted by Gasteiger charge is 2.29. The van der Waals surface area contributed by atoms with Crippen molar-refractivity contribution in [1.82, 2.24) is 4.90 Å². The maximum absolute atomic E-state index is 11.5. The van der Waals surface area contributed by atoms with Crippen LogP contribution in [0.2, 0.25) is 0 Å². The van der Waals surface area contributed by atoms with Crippen LogP contribution in [-0.4, -0.2) is 62.5 Å². The molecule has 0 amide bonds. The number of morpholine rings is 1. The van der Waals surface area contributed by atoms with Crippen LogP contribution in [0.25, 0.3) is 0 Å². The fraction of sp³-hybridized carbons (Fsp3) is 0.938. The van der Waals surface area contributed by atoms with Crippen LogP contribution < -0.4 is 0 Å². The summed E-state index contributed by atoms with van der Waals surface area (Å²) in [7, 11) is 1.46. The van der Waals surface area contributed by atoms with E-state index in [9.17, 15) is 4.79 Å². The summed E-state index contributed by atoms with van der Waals surface area (Å²) < 4.78 is 16.6. The average Bonchev–Trinajstić information content (AvgIpc) is 2.53. The summed E-state index contributed by atoms with van der Waals surface area (Å²) in [5.41, 5.74) is 0. The summed E-state index contributed by atoms with van der Waals surface area (Å²) in [6, 6.07) is 0.562. The molecule has 5 nitrogen and oxygen atoms in total. The van der Waals surface area contributed by atoms with E-state index in [1.54, 1.807) is 0 Å². The molecule has 2 rings (SSSR count). The number of rotatable bonds is 5. The second-order valence-electron chi connectivity index (χ2n) is 6.41. The summed E-state index contributed by atoms with van der Waals surface area (Å²) in [5, 5.41) is 0. The second kappa shape index (κ2) is 8.11. The maximum Gasteiger partial charge on any atom is 0.308 e. The molecule has 1 aliphatic heterocycles. The van der Waals surface area contributed by atoms with Crippen LogP contribution in [0.5, 0.6) is 0 Å². The topological polar surface area (TPSA) is 48.0 Å². The third-order valence-corrected chi connectivity index (χ3v) is 4.63. The molecule has 1 unspecified atom stereocenters. The van der Waals surface area contributed by atoms with Gasteiger partial charge in [0, 0.05) is 19.1 Å². The maximum atomic E-state index is 11.5. The van der Waals surface area contributed by atoms with E-state index < -0.39 is 0 Å². The van der Waals surface area contributed by atoms with Crippen molar-refractivity contribution in [2.75, 3.05) is 33.4 Å². The van der Waals surface area contributed by atoms with Gasteiger partial charge in [0.2, 0.25) is 0 Å². The zero-order valence-corrected chi connectivity index (χ0v) is 13.5. The molecule has 1 aliphatic carbocycles. The Hall–Kier alpha value is -0.650. The molecule has 0 aromatic heterocycles. The lowest BCUT2D eigenvalue weighted by atomic mass is 9.87. The monoisotopic (exact) mass is 299 g/mol. The molecule has 2 fully saturated rings. The minimum absolute atomic E-state index is 0.0669. The number of nitrogens with zero attached hydrogens (tertiary/aromatic N) is 1. The normalized spacial score (nSPS) is 31.3. The number of esters is 1. The molecule has 1 atom stereocenters. The quantitative estimate of drug-likeness (QED) is 0.725. The first-order chi connectivity index (χ1) is 10.1. The van der Waals surface area contributed by atoms with Gasteiger partial charge in [0.15, 0.2) is 0 Å². The van der Waals surface area contributed by atoms with Gasteiger partial charge in [-0.25, -0.2) is 0 Å². The fourth-order valence-corrected chi connectivity index (χ4v) is 3.19. The highest BCUT2D eigenvalue weighted by Crippen LogP contribution is 2.27. The van der Waals surface area contributed by atoms with Crippen molar-refractivity contribution in [3.05, 3.63) is 0 Å². The van der Waals surface area contributed by atoms with Crippen LogP contribution in [0.15, 0.2) is 0 Å². The highest BCUT2D eigenvalue weighted by atomic mass is 16.5. The van der Waals surface area contributed by atoms with E-state index in [0.29, 0.717) is 12.6 Å². The van der Waals surface area contributed by atoms with Crippen LogP contribution in [0.1, 0.15) is 39.5 Å². The predicted octanol–water partition coefficient (Wildman–Crippen LogP) is 1.84. The number of hydrogen-bond acceptors (Lipinski definition) is 5. The van der Waals surface area contributed by atoms with Crippen LogP contribution in [-0.2, 0) is 19.0 Å². The number of hydrogen-bond donors (Lipinski definition) is 0. The van der Waals surface area contributed by atoms with Crippen LogP contribution >= 0.6 is 0 Å². The van der Waals surface area contributed by atoms with E-state index >= 15 is 0 Å². The van der Waals surface area contributed by atoms with Gasteiger partial charge >= 0.3 is 5.97 Å². The van der Waals surface area contributed by atoms with Gasteiger partial charge in [-0.1, -0.05) is 0 Å². The zero-order chi connectivity index (χ0) is 15.2. The van der Waals surface area contributed by atoms with Crippen molar-refractivity contribution in [1.29, 1.82) is 0 Å². The van der Waals surface area contributed by atoms with Gasteiger partial charge in [-0.3, -0.25) is 9.69 Å². The number of ether oxygens (including phenoxy) is 3. The Bertz CT molecular complexity index is 326. The summed E-state index contributed by atoms with van der Waals surface area (Å²) in [4.78, 5) is 13.9. The van der Waals surface area contributed by atoms with Gasteiger partial charge in [0.25, 0.3) is 0 Å². The second-order valence-corrected chi connectivity index (χ2v) is 6.41. The molecular formula is C16H29NO4. The fourth-order valence-electron chi connectivity index (χ4n) is 3.19. The molecule has 0 N–H and O–H groups in total. The van der Waals surface area contributed by atoms with Crippen molar-refractivity contribution in [2.45, 2.75) is 57.8 Å². The molecule has 1 saturated heterocycles. The lowest BCUT2D eigenvalue weighted by Gasteiger charge is -2.36. The van der Waals surface area contributed by atoms with Crippen LogP contribution in [0, 0.1) is 5.92 Å². The third kappa shape index (κ3) is 4.94. The Balaban J connectivity index is 1.66. The first kappa shape index (κ1) is 16.7. The van der Waals surface area contributed by atoms with Crippen molar-refractivity contribution in [3.8, 4) is 0 Å². The SMILES string of the molecule is COC(=O)C1CCC(OCC2CN(C(C)C)CCO2)CC1. The summed E-state index contributed by atoms with van der Waals surface area (Å²) in [5.74, 6) is -0.00569. The molecule has 2 aliphatic rings. The number of methoxy groups -OCH3 is 1. The Morgan fingerprint density at radius 2 is 2.00 bits per heavy atom. The van der Waals surface area contributed by atoms with Crippen molar-refractivity contribution in [3.63, 3.8) is 0 Å². The summed E-state index contributed by atoms with van der Waals surface area (Å²) in [6.45, 7) is 7.86. The van der Waals surface area contributed by atoms with E-state index in [1.807, 2.05) is 0 Å². The minimum Gasteiger partial charge on any atom is -0.469 e. The lowest BCUT2D eigenvalue weighted by Crippen LogP contribution is -2.47. The molecule has 21 heavy (non-hydrogen) atoms. The molecule has 0 bridgehead atoms. The lowest BCUT2D eigenvalue weighted by molar-refractivity contribution is -0.148. The summed E-state index contributed by atoms with van der Waals surface area (Å²) in [6.07, 6.45) is 4.09. The number of carbonyl (C=O) groups is 1. The minimum atomic E-state index is -0.0726. The molecular weight excluding hydrogens is 270 g/mol. The zero-order valence-electron chi connectivity index (χ0n) is 13.5. The smallest absolute Gasteiger partial charge is 0.308 e.